The number of allylic oxidation sites excluding steroid dienone is 2. The zero-order valence-corrected chi connectivity index (χ0v) is 11.2. The molecule has 0 amide bonds. The number of esters is 2. The summed E-state index contributed by atoms with van der Waals surface area (Å²) in [6, 6.07) is 9.66. The van der Waals surface area contributed by atoms with Crippen molar-refractivity contribution in [2.75, 3.05) is 6.61 Å². The molecule has 0 aromatic heterocycles. The van der Waals surface area contributed by atoms with Crippen LogP contribution in [-0.2, 0) is 19.1 Å². The summed E-state index contributed by atoms with van der Waals surface area (Å²) in [5, 5.41) is 0. The van der Waals surface area contributed by atoms with Gasteiger partial charge in [0.05, 0.1) is 19.3 Å². The molecule has 1 atom stereocenters. The van der Waals surface area contributed by atoms with Gasteiger partial charge in [0.15, 0.2) is 0 Å². The second-order valence-corrected chi connectivity index (χ2v) is 4.36. The monoisotopic (exact) mass is 272 g/mol. The van der Waals surface area contributed by atoms with Gasteiger partial charge in [-0.25, -0.2) is 4.79 Å². The number of rotatable bonds is 4. The van der Waals surface area contributed by atoms with Crippen LogP contribution in [0.1, 0.15) is 24.8 Å². The van der Waals surface area contributed by atoms with E-state index in [1.54, 1.807) is 13.0 Å². The maximum atomic E-state index is 11.5. The van der Waals surface area contributed by atoms with E-state index < -0.39 is 5.97 Å². The molecule has 0 N–H and O–H groups in total. The Kier molecular flexibility index (Phi) is 4.71. The Balaban J connectivity index is 2.20. The number of carbonyl (C=O) groups excluding carboxylic acids is 2. The van der Waals surface area contributed by atoms with Gasteiger partial charge < -0.3 is 9.47 Å². The molecule has 0 aliphatic carbocycles. The molecule has 20 heavy (non-hydrogen) atoms. The summed E-state index contributed by atoms with van der Waals surface area (Å²) >= 11 is 0. The molecule has 104 valence electrons. The molecular weight excluding hydrogens is 256 g/mol. The maximum Gasteiger partial charge on any atom is 0.330 e. The molecule has 1 aliphatic heterocycles. The Bertz CT molecular complexity index is 543. The molecule has 0 spiro atoms. The van der Waals surface area contributed by atoms with Crippen LogP contribution in [0.25, 0.3) is 0 Å². The van der Waals surface area contributed by atoms with E-state index in [2.05, 4.69) is 0 Å². The van der Waals surface area contributed by atoms with Crippen LogP contribution in [0.2, 0.25) is 0 Å². The van der Waals surface area contributed by atoms with E-state index in [1.807, 2.05) is 30.3 Å². The SMILES string of the molecule is CCOC(=O)/C=C/C1=COC(=O)CC1c1ccccc1. The number of hydrogen-bond acceptors (Lipinski definition) is 4. The first kappa shape index (κ1) is 14.1. The lowest BCUT2D eigenvalue weighted by Gasteiger charge is -2.21. The number of benzene rings is 1. The minimum Gasteiger partial charge on any atom is -0.463 e. The summed E-state index contributed by atoms with van der Waals surface area (Å²) in [5.41, 5.74) is 1.80. The van der Waals surface area contributed by atoms with Crippen LogP contribution >= 0.6 is 0 Å². The lowest BCUT2D eigenvalue weighted by Crippen LogP contribution is -2.15. The average molecular weight is 272 g/mol. The predicted molar refractivity (Wildman–Crippen MR) is 73.7 cm³/mol. The number of cyclic esters (lactones) is 1. The standard InChI is InChI=1S/C16H16O4/c1-2-19-15(17)9-8-13-11-20-16(18)10-14(13)12-6-4-3-5-7-12/h3-9,11,14H,2,10H2,1H3/b9-8+. The van der Waals surface area contributed by atoms with Gasteiger partial charge in [0.2, 0.25) is 0 Å². The quantitative estimate of drug-likeness (QED) is 0.624. The second-order valence-electron chi connectivity index (χ2n) is 4.36. The van der Waals surface area contributed by atoms with Crippen molar-refractivity contribution in [3.63, 3.8) is 0 Å². The highest BCUT2D eigenvalue weighted by atomic mass is 16.5. The number of hydrogen-bond donors (Lipinski definition) is 0. The Morgan fingerprint density at radius 1 is 1.40 bits per heavy atom. The minimum atomic E-state index is -0.405. The normalized spacial score (nSPS) is 18.6. The average Bonchev–Trinajstić information content (AvgIpc) is 2.47. The Labute approximate surface area is 117 Å². The van der Waals surface area contributed by atoms with Crippen LogP contribution in [0.5, 0.6) is 0 Å². The van der Waals surface area contributed by atoms with Crippen molar-refractivity contribution < 1.29 is 19.1 Å². The van der Waals surface area contributed by atoms with E-state index in [0.29, 0.717) is 6.61 Å². The summed E-state index contributed by atoms with van der Waals surface area (Å²) < 4.78 is 9.76. The Hall–Kier alpha value is -2.36. The van der Waals surface area contributed by atoms with Crippen LogP contribution in [0.15, 0.2) is 54.3 Å². The zero-order chi connectivity index (χ0) is 14.4. The summed E-state index contributed by atoms with van der Waals surface area (Å²) in [4.78, 5) is 22.8. The van der Waals surface area contributed by atoms with Crippen LogP contribution in [0.3, 0.4) is 0 Å². The van der Waals surface area contributed by atoms with E-state index in [9.17, 15) is 9.59 Å². The fourth-order valence-corrected chi connectivity index (χ4v) is 2.05. The summed E-state index contributed by atoms with van der Waals surface area (Å²) in [6.45, 7) is 2.08. The van der Waals surface area contributed by atoms with E-state index in [0.717, 1.165) is 11.1 Å². The maximum absolute atomic E-state index is 11.5. The summed E-state index contributed by atoms with van der Waals surface area (Å²) in [7, 11) is 0. The lowest BCUT2D eigenvalue weighted by molar-refractivity contribution is -0.139. The van der Waals surface area contributed by atoms with Crippen LogP contribution in [-0.4, -0.2) is 18.5 Å². The molecule has 0 radical (unpaired) electrons. The van der Waals surface area contributed by atoms with Gasteiger partial charge in [-0.1, -0.05) is 30.3 Å². The summed E-state index contributed by atoms with van der Waals surface area (Å²) in [5.74, 6) is -0.771. The molecule has 4 heteroatoms. The van der Waals surface area contributed by atoms with E-state index in [1.165, 1.54) is 12.3 Å². The molecule has 0 saturated heterocycles. The second kappa shape index (κ2) is 6.70. The highest BCUT2D eigenvalue weighted by Crippen LogP contribution is 2.32. The van der Waals surface area contributed by atoms with Gasteiger partial charge in [0.1, 0.15) is 0 Å². The van der Waals surface area contributed by atoms with Crippen molar-refractivity contribution in [1.82, 2.24) is 0 Å². The van der Waals surface area contributed by atoms with Gasteiger partial charge in [-0.3, -0.25) is 4.79 Å². The Morgan fingerprint density at radius 3 is 2.85 bits per heavy atom. The van der Waals surface area contributed by atoms with E-state index in [4.69, 9.17) is 9.47 Å². The van der Waals surface area contributed by atoms with E-state index in [-0.39, 0.29) is 18.3 Å². The number of ether oxygens (including phenoxy) is 2. The first-order valence-corrected chi connectivity index (χ1v) is 6.50. The van der Waals surface area contributed by atoms with Crippen LogP contribution in [0, 0.1) is 0 Å². The molecule has 1 aliphatic rings. The molecule has 4 nitrogen and oxygen atoms in total. The van der Waals surface area contributed by atoms with Crippen molar-refractivity contribution in [2.45, 2.75) is 19.3 Å². The molecular formula is C16H16O4. The summed E-state index contributed by atoms with van der Waals surface area (Å²) in [6.07, 6.45) is 4.66. The Morgan fingerprint density at radius 2 is 2.15 bits per heavy atom. The topological polar surface area (TPSA) is 52.6 Å². The smallest absolute Gasteiger partial charge is 0.330 e. The van der Waals surface area contributed by atoms with Gasteiger partial charge in [-0.2, -0.15) is 0 Å². The minimum absolute atomic E-state index is 0.0943. The molecule has 1 heterocycles. The molecule has 0 saturated carbocycles. The van der Waals surface area contributed by atoms with Crippen molar-refractivity contribution >= 4 is 11.9 Å². The highest BCUT2D eigenvalue weighted by Gasteiger charge is 2.24. The van der Waals surface area contributed by atoms with Gasteiger partial charge in [-0.15, -0.1) is 0 Å². The molecule has 0 fully saturated rings. The fraction of sp³-hybridized carbons (Fsp3) is 0.250. The highest BCUT2D eigenvalue weighted by molar-refractivity contribution is 5.83. The lowest BCUT2D eigenvalue weighted by atomic mass is 9.87. The van der Waals surface area contributed by atoms with Crippen LogP contribution in [0.4, 0.5) is 0 Å². The van der Waals surface area contributed by atoms with E-state index >= 15 is 0 Å². The van der Waals surface area contributed by atoms with Gasteiger partial charge in [0.25, 0.3) is 0 Å². The molecule has 1 unspecified atom stereocenters. The molecule has 1 aromatic rings. The molecule has 2 rings (SSSR count). The van der Waals surface area contributed by atoms with Crippen molar-refractivity contribution in [3.8, 4) is 0 Å². The number of carbonyl (C=O) groups is 2. The molecule has 1 aromatic carbocycles. The van der Waals surface area contributed by atoms with Gasteiger partial charge in [-0.05, 0) is 24.1 Å². The third-order valence-corrected chi connectivity index (χ3v) is 3.00. The predicted octanol–water partition coefficient (Wildman–Crippen LogP) is 2.72. The third kappa shape index (κ3) is 3.57. The third-order valence-electron chi connectivity index (χ3n) is 3.00. The fourth-order valence-electron chi connectivity index (χ4n) is 2.05. The zero-order valence-electron chi connectivity index (χ0n) is 11.2. The van der Waals surface area contributed by atoms with Crippen molar-refractivity contribution in [1.29, 1.82) is 0 Å². The van der Waals surface area contributed by atoms with Crippen molar-refractivity contribution in [2.24, 2.45) is 0 Å². The van der Waals surface area contributed by atoms with Gasteiger partial charge in [0, 0.05) is 12.0 Å². The first-order chi connectivity index (χ1) is 9.70. The molecule has 0 bridgehead atoms. The van der Waals surface area contributed by atoms with Crippen LogP contribution < -0.4 is 0 Å². The largest absolute Gasteiger partial charge is 0.463 e. The van der Waals surface area contributed by atoms with Gasteiger partial charge >= 0.3 is 11.9 Å². The van der Waals surface area contributed by atoms with Crippen molar-refractivity contribution in [3.05, 3.63) is 59.9 Å². The first-order valence-electron chi connectivity index (χ1n) is 6.50.